The smallest absolute Gasteiger partial charge is 0.229 e. The molecule has 0 aliphatic carbocycles. The Morgan fingerprint density at radius 1 is 0.923 bits per heavy atom. The summed E-state index contributed by atoms with van der Waals surface area (Å²) in [5, 5.41) is 7.26. The lowest BCUT2D eigenvalue weighted by Gasteiger charge is -2.14. The fourth-order valence-corrected chi connectivity index (χ4v) is 2.78. The van der Waals surface area contributed by atoms with Crippen LogP contribution in [-0.2, 0) is 0 Å². The number of nitrogens with zero attached hydrogens (tertiary/aromatic N) is 2. The van der Waals surface area contributed by atoms with Crippen LogP contribution >= 0.6 is 11.6 Å². The maximum absolute atomic E-state index is 6.19. The van der Waals surface area contributed by atoms with E-state index in [4.69, 9.17) is 16.3 Å². The van der Waals surface area contributed by atoms with E-state index in [1.165, 1.54) is 0 Å². The molecule has 0 amide bonds. The largest absolute Gasteiger partial charge is 0.495 e. The van der Waals surface area contributed by atoms with Crippen molar-refractivity contribution >= 4 is 34.7 Å². The summed E-state index contributed by atoms with van der Waals surface area (Å²) in [4.78, 5) is 9.03. The summed E-state index contributed by atoms with van der Waals surface area (Å²) >= 11 is 6.19. The van der Waals surface area contributed by atoms with Crippen LogP contribution in [0.4, 0.5) is 23.1 Å². The van der Waals surface area contributed by atoms with Gasteiger partial charge in [0.2, 0.25) is 5.95 Å². The van der Waals surface area contributed by atoms with Gasteiger partial charge in [0.25, 0.3) is 0 Å². The predicted molar refractivity (Wildman–Crippen MR) is 107 cm³/mol. The Hall–Kier alpha value is -2.79. The second-order valence-electron chi connectivity index (χ2n) is 6.08. The minimum absolute atomic E-state index is 0.504. The van der Waals surface area contributed by atoms with E-state index in [1.807, 2.05) is 63.2 Å². The van der Waals surface area contributed by atoms with E-state index in [0.29, 0.717) is 16.8 Å². The lowest BCUT2D eigenvalue weighted by atomic mass is 10.2. The number of rotatable bonds is 5. The Kier molecular flexibility index (Phi) is 5.28. The normalized spacial score (nSPS) is 10.5. The zero-order valence-corrected chi connectivity index (χ0v) is 16.0. The monoisotopic (exact) mass is 368 g/mol. The minimum Gasteiger partial charge on any atom is -0.495 e. The Bertz CT molecular complexity index is 943. The molecule has 0 aliphatic heterocycles. The van der Waals surface area contributed by atoms with Crippen molar-refractivity contribution in [2.45, 2.75) is 20.8 Å². The molecule has 1 heterocycles. The molecular formula is C20H21ClN4O. The fourth-order valence-electron chi connectivity index (χ4n) is 2.61. The van der Waals surface area contributed by atoms with Crippen molar-refractivity contribution in [3.05, 3.63) is 64.3 Å². The van der Waals surface area contributed by atoms with Gasteiger partial charge in [-0.15, -0.1) is 0 Å². The number of anilines is 4. The second-order valence-corrected chi connectivity index (χ2v) is 6.49. The lowest BCUT2D eigenvalue weighted by molar-refractivity contribution is 0.416. The molecule has 6 heteroatoms. The highest BCUT2D eigenvalue weighted by Gasteiger charge is 2.09. The van der Waals surface area contributed by atoms with E-state index >= 15 is 0 Å². The zero-order valence-electron chi connectivity index (χ0n) is 15.2. The van der Waals surface area contributed by atoms with Gasteiger partial charge in [0.15, 0.2) is 0 Å². The lowest BCUT2D eigenvalue weighted by Crippen LogP contribution is -2.04. The van der Waals surface area contributed by atoms with Crippen molar-refractivity contribution in [2.75, 3.05) is 17.7 Å². The maximum atomic E-state index is 6.19. The third kappa shape index (κ3) is 4.06. The van der Waals surface area contributed by atoms with Gasteiger partial charge in [-0.2, -0.15) is 4.98 Å². The summed E-state index contributed by atoms with van der Waals surface area (Å²) in [5.41, 5.74) is 4.66. The molecule has 0 saturated heterocycles. The summed E-state index contributed by atoms with van der Waals surface area (Å²) in [5.74, 6) is 1.94. The Morgan fingerprint density at radius 2 is 1.73 bits per heavy atom. The first-order valence-corrected chi connectivity index (χ1v) is 8.63. The molecule has 0 atom stereocenters. The molecule has 0 spiro atoms. The summed E-state index contributed by atoms with van der Waals surface area (Å²) in [6, 6.07) is 13.5. The van der Waals surface area contributed by atoms with E-state index in [2.05, 4.69) is 20.6 Å². The van der Waals surface area contributed by atoms with E-state index in [-0.39, 0.29) is 0 Å². The maximum Gasteiger partial charge on any atom is 0.229 e. The standard InChI is InChI=1S/C20H21ClN4O/c1-12-8-9-18(26-4)17(10-12)23-19-11-13(2)22-20(25-19)24-16-7-5-6-15(21)14(16)3/h5-11H,1-4H3,(H2,22,23,24,25). The van der Waals surface area contributed by atoms with Crippen LogP contribution in [0.2, 0.25) is 5.02 Å². The van der Waals surface area contributed by atoms with Crippen LogP contribution in [-0.4, -0.2) is 17.1 Å². The molecule has 0 fully saturated rings. The van der Waals surface area contributed by atoms with Gasteiger partial charge in [-0.05, 0) is 56.2 Å². The van der Waals surface area contributed by atoms with Gasteiger partial charge in [0, 0.05) is 22.5 Å². The molecule has 0 aliphatic rings. The first kappa shape index (κ1) is 18.0. The average Bonchev–Trinajstić information content (AvgIpc) is 2.59. The Labute approximate surface area is 158 Å². The van der Waals surface area contributed by atoms with Gasteiger partial charge in [-0.3, -0.25) is 0 Å². The van der Waals surface area contributed by atoms with Gasteiger partial charge in [-0.1, -0.05) is 23.7 Å². The number of aromatic nitrogens is 2. The van der Waals surface area contributed by atoms with E-state index < -0.39 is 0 Å². The zero-order chi connectivity index (χ0) is 18.7. The molecule has 0 radical (unpaired) electrons. The quantitative estimate of drug-likeness (QED) is 0.618. The number of aryl methyl sites for hydroxylation is 2. The number of methoxy groups -OCH3 is 1. The molecule has 0 bridgehead atoms. The SMILES string of the molecule is COc1ccc(C)cc1Nc1cc(C)nc(Nc2cccc(Cl)c2C)n1. The summed E-state index contributed by atoms with van der Waals surface area (Å²) in [6.07, 6.45) is 0. The van der Waals surface area contributed by atoms with Crippen LogP contribution in [0.3, 0.4) is 0 Å². The van der Waals surface area contributed by atoms with Crippen molar-refractivity contribution in [2.24, 2.45) is 0 Å². The van der Waals surface area contributed by atoms with Crippen molar-refractivity contribution < 1.29 is 4.74 Å². The van der Waals surface area contributed by atoms with Gasteiger partial charge in [-0.25, -0.2) is 4.98 Å². The molecule has 2 aromatic carbocycles. The number of benzene rings is 2. The van der Waals surface area contributed by atoms with Crippen LogP contribution in [0.5, 0.6) is 5.75 Å². The Balaban J connectivity index is 1.91. The summed E-state index contributed by atoms with van der Waals surface area (Å²) < 4.78 is 5.42. The van der Waals surface area contributed by atoms with E-state index in [0.717, 1.165) is 33.9 Å². The van der Waals surface area contributed by atoms with E-state index in [9.17, 15) is 0 Å². The third-order valence-corrected chi connectivity index (χ3v) is 4.40. The summed E-state index contributed by atoms with van der Waals surface area (Å²) in [7, 11) is 1.65. The Morgan fingerprint density at radius 3 is 2.50 bits per heavy atom. The first-order valence-electron chi connectivity index (χ1n) is 8.26. The van der Waals surface area contributed by atoms with Crippen molar-refractivity contribution in [1.29, 1.82) is 0 Å². The number of hydrogen-bond donors (Lipinski definition) is 2. The molecule has 134 valence electrons. The molecule has 3 aromatic rings. The molecule has 1 aromatic heterocycles. The average molecular weight is 369 g/mol. The third-order valence-electron chi connectivity index (χ3n) is 3.99. The number of hydrogen-bond acceptors (Lipinski definition) is 5. The molecule has 2 N–H and O–H groups in total. The summed E-state index contributed by atoms with van der Waals surface area (Å²) in [6.45, 7) is 5.92. The highest BCUT2D eigenvalue weighted by atomic mass is 35.5. The molecular weight excluding hydrogens is 348 g/mol. The molecule has 26 heavy (non-hydrogen) atoms. The van der Waals surface area contributed by atoms with Crippen LogP contribution < -0.4 is 15.4 Å². The topological polar surface area (TPSA) is 59.1 Å². The molecule has 0 saturated carbocycles. The van der Waals surface area contributed by atoms with Crippen LogP contribution in [0, 0.1) is 20.8 Å². The van der Waals surface area contributed by atoms with Crippen LogP contribution in [0.25, 0.3) is 0 Å². The van der Waals surface area contributed by atoms with Gasteiger partial charge in [0.1, 0.15) is 11.6 Å². The molecule has 3 rings (SSSR count). The fraction of sp³-hybridized carbons (Fsp3) is 0.200. The van der Waals surface area contributed by atoms with Crippen molar-refractivity contribution in [3.8, 4) is 5.75 Å². The van der Waals surface area contributed by atoms with Gasteiger partial charge in [0.05, 0.1) is 12.8 Å². The minimum atomic E-state index is 0.504. The number of nitrogens with one attached hydrogen (secondary N) is 2. The number of halogens is 1. The first-order chi connectivity index (χ1) is 12.5. The van der Waals surface area contributed by atoms with Crippen molar-refractivity contribution in [1.82, 2.24) is 9.97 Å². The van der Waals surface area contributed by atoms with Crippen molar-refractivity contribution in [3.63, 3.8) is 0 Å². The van der Waals surface area contributed by atoms with Crippen LogP contribution in [0.15, 0.2) is 42.5 Å². The number of ether oxygens (including phenoxy) is 1. The van der Waals surface area contributed by atoms with Gasteiger partial charge < -0.3 is 15.4 Å². The van der Waals surface area contributed by atoms with Crippen LogP contribution in [0.1, 0.15) is 16.8 Å². The molecule has 0 unspecified atom stereocenters. The predicted octanol–water partition coefficient (Wildman–Crippen LogP) is 5.55. The molecule has 5 nitrogen and oxygen atoms in total. The van der Waals surface area contributed by atoms with Gasteiger partial charge >= 0.3 is 0 Å². The highest BCUT2D eigenvalue weighted by Crippen LogP contribution is 2.29. The highest BCUT2D eigenvalue weighted by molar-refractivity contribution is 6.31. The second kappa shape index (κ2) is 7.62. The van der Waals surface area contributed by atoms with E-state index in [1.54, 1.807) is 7.11 Å².